The number of rotatable bonds is 2. The summed E-state index contributed by atoms with van der Waals surface area (Å²) in [5.41, 5.74) is -0.702. The normalized spacial score (nSPS) is 25.9. The lowest BCUT2D eigenvalue weighted by molar-refractivity contribution is -0.163. The summed E-state index contributed by atoms with van der Waals surface area (Å²) in [5, 5.41) is 9.53. The Morgan fingerprint density at radius 1 is 1.19 bits per heavy atom. The van der Waals surface area contributed by atoms with Crippen molar-refractivity contribution >= 4 is 11.8 Å². The van der Waals surface area contributed by atoms with E-state index in [0.29, 0.717) is 45.3 Å². The first kappa shape index (κ1) is 11.5. The van der Waals surface area contributed by atoms with Crippen molar-refractivity contribution in [1.82, 2.24) is 4.90 Å². The smallest absolute Gasteiger partial charge is 0.229 e. The van der Waals surface area contributed by atoms with Gasteiger partial charge in [-0.2, -0.15) is 0 Å². The minimum Gasteiger partial charge on any atom is -0.394 e. The lowest BCUT2D eigenvalue weighted by atomic mass is 9.86. The number of imide groups is 1. The second-order valence-corrected chi connectivity index (χ2v) is 4.47. The second-order valence-electron chi connectivity index (χ2n) is 4.47. The van der Waals surface area contributed by atoms with Gasteiger partial charge in [0.25, 0.3) is 0 Å². The fraction of sp³-hybridized carbons (Fsp3) is 0.818. The van der Waals surface area contributed by atoms with Crippen molar-refractivity contribution in [3.63, 3.8) is 0 Å². The molecule has 2 saturated heterocycles. The van der Waals surface area contributed by atoms with Crippen LogP contribution in [0.4, 0.5) is 0 Å². The molecule has 2 rings (SSSR count). The Morgan fingerprint density at radius 2 is 1.75 bits per heavy atom. The van der Waals surface area contributed by atoms with Crippen molar-refractivity contribution in [1.29, 1.82) is 0 Å². The number of carbonyl (C=O) groups excluding carboxylic acids is 2. The third-order valence-electron chi connectivity index (χ3n) is 3.47. The fourth-order valence-corrected chi connectivity index (χ4v) is 2.49. The Morgan fingerprint density at radius 3 is 2.25 bits per heavy atom. The minimum atomic E-state index is -0.702. The average molecular weight is 227 g/mol. The van der Waals surface area contributed by atoms with E-state index in [4.69, 9.17) is 4.74 Å². The number of hydrogen-bond acceptors (Lipinski definition) is 4. The van der Waals surface area contributed by atoms with Crippen LogP contribution >= 0.6 is 0 Å². The second kappa shape index (κ2) is 4.51. The topological polar surface area (TPSA) is 66.8 Å². The number of amides is 2. The molecule has 0 aromatic rings. The van der Waals surface area contributed by atoms with Gasteiger partial charge in [0.2, 0.25) is 11.8 Å². The van der Waals surface area contributed by atoms with Gasteiger partial charge < -0.3 is 9.84 Å². The molecule has 5 heteroatoms. The molecule has 0 aliphatic carbocycles. The van der Waals surface area contributed by atoms with Crippen molar-refractivity contribution in [3.05, 3.63) is 0 Å². The van der Waals surface area contributed by atoms with E-state index in [0.717, 1.165) is 0 Å². The molecule has 0 bridgehead atoms. The molecule has 90 valence electrons. The largest absolute Gasteiger partial charge is 0.394 e. The van der Waals surface area contributed by atoms with Gasteiger partial charge in [0.1, 0.15) is 0 Å². The summed E-state index contributed by atoms with van der Waals surface area (Å²) in [6, 6.07) is 0. The maximum Gasteiger partial charge on any atom is 0.229 e. The summed E-state index contributed by atoms with van der Waals surface area (Å²) in [4.78, 5) is 24.9. The van der Waals surface area contributed by atoms with Gasteiger partial charge in [0, 0.05) is 26.1 Å². The van der Waals surface area contributed by atoms with E-state index >= 15 is 0 Å². The molecule has 2 amide bonds. The van der Waals surface area contributed by atoms with Crippen LogP contribution in [-0.2, 0) is 14.3 Å². The Kier molecular flexibility index (Phi) is 3.25. The number of hydrogen-bond donors (Lipinski definition) is 1. The molecule has 2 heterocycles. The zero-order chi connectivity index (χ0) is 11.6. The number of aliphatic hydroxyl groups is 1. The van der Waals surface area contributed by atoms with E-state index in [1.165, 1.54) is 4.90 Å². The Labute approximate surface area is 94.4 Å². The highest BCUT2D eigenvalue weighted by Gasteiger charge is 2.45. The predicted molar refractivity (Wildman–Crippen MR) is 55.6 cm³/mol. The molecule has 0 aromatic carbocycles. The van der Waals surface area contributed by atoms with Gasteiger partial charge in [0.15, 0.2) is 0 Å². The summed E-state index contributed by atoms with van der Waals surface area (Å²) >= 11 is 0. The van der Waals surface area contributed by atoms with Crippen LogP contribution in [-0.4, -0.2) is 47.2 Å². The van der Waals surface area contributed by atoms with Crippen LogP contribution in [0.15, 0.2) is 0 Å². The van der Waals surface area contributed by atoms with E-state index < -0.39 is 5.54 Å². The summed E-state index contributed by atoms with van der Waals surface area (Å²) in [5.74, 6) is -0.292. The molecular weight excluding hydrogens is 210 g/mol. The van der Waals surface area contributed by atoms with Crippen LogP contribution in [0.3, 0.4) is 0 Å². The molecule has 0 spiro atoms. The molecule has 0 atom stereocenters. The third kappa shape index (κ3) is 1.85. The van der Waals surface area contributed by atoms with Gasteiger partial charge in [0.05, 0.1) is 12.1 Å². The lowest BCUT2D eigenvalue weighted by Crippen LogP contribution is -2.60. The Balaban J connectivity index is 2.23. The van der Waals surface area contributed by atoms with Gasteiger partial charge in [-0.3, -0.25) is 14.5 Å². The van der Waals surface area contributed by atoms with Gasteiger partial charge in [-0.1, -0.05) is 0 Å². The minimum absolute atomic E-state index is 0.146. The maximum absolute atomic E-state index is 11.8. The summed E-state index contributed by atoms with van der Waals surface area (Å²) in [6.45, 7) is 0.836. The number of ether oxygens (including phenoxy) is 1. The maximum atomic E-state index is 11.8. The third-order valence-corrected chi connectivity index (χ3v) is 3.47. The van der Waals surface area contributed by atoms with Gasteiger partial charge in [-0.15, -0.1) is 0 Å². The standard InChI is InChI=1S/C11H17NO4/c13-8-11(4-6-16-7-5-11)12-9(14)2-1-3-10(12)15/h13H,1-8H2. The fourth-order valence-electron chi connectivity index (χ4n) is 2.49. The molecule has 0 aromatic heterocycles. The van der Waals surface area contributed by atoms with Crippen LogP contribution < -0.4 is 0 Å². The molecule has 0 saturated carbocycles. The summed E-state index contributed by atoms with van der Waals surface area (Å²) < 4.78 is 5.23. The molecule has 2 fully saturated rings. The first-order chi connectivity index (χ1) is 7.69. The van der Waals surface area contributed by atoms with Crippen LogP contribution in [0, 0.1) is 0 Å². The zero-order valence-electron chi connectivity index (χ0n) is 9.28. The van der Waals surface area contributed by atoms with Crippen LogP contribution in [0.2, 0.25) is 0 Å². The number of carbonyl (C=O) groups is 2. The van der Waals surface area contributed by atoms with Crippen LogP contribution in [0.1, 0.15) is 32.1 Å². The SMILES string of the molecule is O=C1CCCC(=O)N1C1(CO)CCOCC1. The Bertz CT molecular complexity index is 280. The van der Waals surface area contributed by atoms with Gasteiger partial charge in [-0.25, -0.2) is 0 Å². The molecule has 1 N–H and O–H groups in total. The molecule has 0 radical (unpaired) electrons. The summed E-state index contributed by atoms with van der Waals surface area (Å²) in [6.07, 6.45) is 2.54. The number of nitrogens with zero attached hydrogens (tertiary/aromatic N) is 1. The molecule has 0 unspecified atom stereocenters. The van der Waals surface area contributed by atoms with E-state index in [9.17, 15) is 14.7 Å². The molecule has 16 heavy (non-hydrogen) atoms. The van der Waals surface area contributed by atoms with E-state index in [2.05, 4.69) is 0 Å². The quantitative estimate of drug-likeness (QED) is 0.678. The molecule has 5 nitrogen and oxygen atoms in total. The first-order valence-corrected chi connectivity index (χ1v) is 5.74. The van der Waals surface area contributed by atoms with E-state index in [-0.39, 0.29) is 18.4 Å². The lowest BCUT2D eigenvalue weighted by Gasteiger charge is -2.45. The van der Waals surface area contributed by atoms with Crippen molar-refractivity contribution in [2.24, 2.45) is 0 Å². The summed E-state index contributed by atoms with van der Waals surface area (Å²) in [7, 11) is 0. The Hall–Kier alpha value is -0.940. The van der Waals surface area contributed by atoms with Crippen molar-refractivity contribution in [3.8, 4) is 0 Å². The van der Waals surface area contributed by atoms with Gasteiger partial charge >= 0.3 is 0 Å². The highest BCUT2D eigenvalue weighted by Crippen LogP contribution is 2.31. The highest BCUT2D eigenvalue weighted by molar-refractivity contribution is 5.98. The molecule has 2 aliphatic heterocycles. The van der Waals surface area contributed by atoms with Crippen molar-refractivity contribution < 1.29 is 19.4 Å². The zero-order valence-corrected chi connectivity index (χ0v) is 9.28. The number of aliphatic hydroxyl groups excluding tert-OH is 1. The number of piperidine rings is 1. The van der Waals surface area contributed by atoms with E-state index in [1.807, 2.05) is 0 Å². The molecule has 2 aliphatic rings. The highest BCUT2D eigenvalue weighted by atomic mass is 16.5. The van der Waals surface area contributed by atoms with Crippen molar-refractivity contribution in [2.45, 2.75) is 37.6 Å². The average Bonchev–Trinajstić information content (AvgIpc) is 2.30. The molecular formula is C11H17NO4. The van der Waals surface area contributed by atoms with Crippen LogP contribution in [0.5, 0.6) is 0 Å². The van der Waals surface area contributed by atoms with Crippen molar-refractivity contribution in [2.75, 3.05) is 19.8 Å². The van der Waals surface area contributed by atoms with E-state index in [1.54, 1.807) is 0 Å². The predicted octanol–water partition coefficient (Wildman–Crippen LogP) is 0.0670. The monoisotopic (exact) mass is 227 g/mol. The first-order valence-electron chi connectivity index (χ1n) is 5.74. The van der Waals surface area contributed by atoms with Gasteiger partial charge in [-0.05, 0) is 19.3 Å². The number of likely N-dealkylation sites (tertiary alicyclic amines) is 1. The van der Waals surface area contributed by atoms with Crippen LogP contribution in [0.25, 0.3) is 0 Å².